The fourth-order valence-electron chi connectivity index (χ4n) is 4.50. The van der Waals surface area contributed by atoms with Gasteiger partial charge in [-0.3, -0.25) is 14.1 Å². The second-order valence-electron chi connectivity index (χ2n) is 8.34. The van der Waals surface area contributed by atoms with Crippen molar-refractivity contribution >= 4 is 38.1 Å². The normalized spacial score (nSPS) is 13.3. The lowest BCUT2D eigenvalue weighted by atomic mass is 10.0. The molecule has 1 aliphatic heterocycles. The summed E-state index contributed by atoms with van der Waals surface area (Å²) in [6.45, 7) is 0.219. The van der Waals surface area contributed by atoms with Crippen molar-refractivity contribution in [3.05, 3.63) is 90.8 Å². The van der Waals surface area contributed by atoms with Gasteiger partial charge in [-0.15, -0.1) is 0 Å². The molecule has 8 heteroatoms. The van der Waals surface area contributed by atoms with Gasteiger partial charge in [0.2, 0.25) is 5.91 Å². The summed E-state index contributed by atoms with van der Waals surface area (Å²) in [6.07, 6.45) is 4.91. The summed E-state index contributed by atoms with van der Waals surface area (Å²) in [6, 6.07) is 21.2. The Morgan fingerprint density at radius 1 is 1.03 bits per heavy atom. The van der Waals surface area contributed by atoms with E-state index in [4.69, 9.17) is 4.74 Å². The zero-order chi connectivity index (χ0) is 24.4. The van der Waals surface area contributed by atoms with Crippen LogP contribution in [-0.2, 0) is 21.2 Å². The van der Waals surface area contributed by atoms with Crippen molar-refractivity contribution < 1.29 is 17.9 Å². The lowest BCUT2D eigenvalue weighted by Crippen LogP contribution is -2.45. The number of nitrogens with zero attached hydrogens (tertiary/aromatic N) is 3. The fourth-order valence-corrected chi connectivity index (χ4v) is 6.13. The first-order chi connectivity index (χ1) is 17.0. The monoisotopic (exact) mass is 487 g/mol. The number of hydrogen-bond donors (Lipinski definition) is 0. The van der Waals surface area contributed by atoms with Gasteiger partial charge in [0, 0.05) is 35.4 Å². The molecule has 2 heterocycles. The third-order valence-electron chi connectivity index (χ3n) is 6.26. The van der Waals surface area contributed by atoms with E-state index in [0.29, 0.717) is 28.8 Å². The molecule has 1 aliphatic rings. The second kappa shape index (κ2) is 9.38. The van der Waals surface area contributed by atoms with Gasteiger partial charge in [-0.2, -0.15) is 0 Å². The first-order valence-electron chi connectivity index (χ1n) is 11.4. The Bertz CT molecular complexity index is 1480. The summed E-state index contributed by atoms with van der Waals surface area (Å²) in [5, 5.41) is 1.26. The quantitative estimate of drug-likeness (QED) is 0.402. The molecule has 4 aromatic rings. The average molecular weight is 488 g/mol. The molecule has 1 aromatic heterocycles. The Labute approximate surface area is 204 Å². The lowest BCUT2D eigenvalue weighted by molar-refractivity contribution is -0.117. The summed E-state index contributed by atoms with van der Waals surface area (Å²) in [5.74, 6) is 0.317. The molecule has 0 unspecified atom stereocenters. The minimum absolute atomic E-state index is 0.125. The largest absolute Gasteiger partial charge is 0.497 e. The van der Waals surface area contributed by atoms with Crippen molar-refractivity contribution in [3.8, 4) is 5.75 Å². The Balaban J connectivity index is 1.58. The number of rotatable bonds is 6. The zero-order valence-corrected chi connectivity index (χ0v) is 20.1. The molecule has 0 saturated carbocycles. The molecular weight excluding hydrogens is 462 g/mol. The molecule has 0 fully saturated rings. The Kier molecular flexibility index (Phi) is 6.13. The molecule has 0 aliphatic carbocycles. The Morgan fingerprint density at radius 3 is 2.63 bits per heavy atom. The minimum atomic E-state index is -4.09. The maximum atomic E-state index is 14.1. The smallest absolute Gasteiger partial charge is 0.265 e. The number of ether oxygens (including phenoxy) is 1. The van der Waals surface area contributed by atoms with E-state index in [0.717, 1.165) is 24.1 Å². The number of carbonyl (C=O) groups is 1. The predicted molar refractivity (Wildman–Crippen MR) is 136 cm³/mol. The van der Waals surface area contributed by atoms with Gasteiger partial charge < -0.3 is 9.64 Å². The van der Waals surface area contributed by atoms with Crippen LogP contribution in [0.1, 0.15) is 12.0 Å². The van der Waals surface area contributed by atoms with Crippen LogP contribution in [0.2, 0.25) is 0 Å². The van der Waals surface area contributed by atoms with Crippen LogP contribution < -0.4 is 13.9 Å². The van der Waals surface area contributed by atoms with Crippen LogP contribution in [-0.4, -0.2) is 39.5 Å². The average Bonchev–Trinajstić information content (AvgIpc) is 2.91. The van der Waals surface area contributed by atoms with Gasteiger partial charge in [0.1, 0.15) is 12.3 Å². The molecule has 0 radical (unpaired) electrons. The van der Waals surface area contributed by atoms with Crippen molar-refractivity contribution in [2.24, 2.45) is 0 Å². The number of pyridine rings is 1. The van der Waals surface area contributed by atoms with Crippen molar-refractivity contribution in [2.75, 3.05) is 29.4 Å². The summed E-state index contributed by atoms with van der Waals surface area (Å²) in [4.78, 5) is 19.5. The summed E-state index contributed by atoms with van der Waals surface area (Å²) in [5.41, 5.74) is 2.31. The van der Waals surface area contributed by atoms with Gasteiger partial charge in [0.15, 0.2) is 0 Å². The Morgan fingerprint density at radius 2 is 1.83 bits per heavy atom. The minimum Gasteiger partial charge on any atom is -0.497 e. The number of sulfonamides is 1. The maximum Gasteiger partial charge on any atom is 0.265 e. The van der Waals surface area contributed by atoms with E-state index < -0.39 is 10.0 Å². The van der Waals surface area contributed by atoms with Crippen LogP contribution in [0.25, 0.3) is 10.8 Å². The molecule has 0 spiro atoms. The highest BCUT2D eigenvalue weighted by Crippen LogP contribution is 2.31. The first-order valence-corrected chi connectivity index (χ1v) is 12.8. The summed E-state index contributed by atoms with van der Waals surface area (Å²) >= 11 is 0. The number of fused-ring (bicyclic) bond motifs is 2. The van der Waals surface area contributed by atoms with Crippen LogP contribution in [0.3, 0.4) is 0 Å². The van der Waals surface area contributed by atoms with Gasteiger partial charge in [0.25, 0.3) is 10.0 Å². The number of aryl methyl sites for hydroxylation is 1. The van der Waals surface area contributed by atoms with Crippen LogP contribution >= 0.6 is 0 Å². The molecule has 1 amide bonds. The molecule has 5 rings (SSSR count). The molecular formula is C27H25N3O4S. The van der Waals surface area contributed by atoms with E-state index in [1.165, 1.54) is 4.31 Å². The van der Waals surface area contributed by atoms with Gasteiger partial charge >= 0.3 is 0 Å². The number of hydrogen-bond acceptors (Lipinski definition) is 5. The second-order valence-corrected chi connectivity index (χ2v) is 10.2. The van der Waals surface area contributed by atoms with Crippen molar-refractivity contribution in [1.82, 2.24) is 4.98 Å². The van der Waals surface area contributed by atoms with Crippen LogP contribution in [0.15, 0.2) is 90.1 Å². The summed E-state index contributed by atoms with van der Waals surface area (Å²) in [7, 11) is -2.55. The van der Waals surface area contributed by atoms with Crippen LogP contribution in [0.4, 0.5) is 11.4 Å². The maximum absolute atomic E-state index is 14.1. The summed E-state index contributed by atoms with van der Waals surface area (Å²) < 4.78 is 34.6. The number of para-hydroxylation sites is 1. The number of amides is 1. The SMILES string of the molecule is COc1ccc(N(CC(=O)N2CCCc3ccccc32)S(=O)(=O)c2cccc3cnccc23)cc1. The fraction of sp³-hybridized carbons (Fsp3) is 0.185. The zero-order valence-electron chi connectivity index (χ0n) is 19.3. The molecule has 0 bridgehead atoms. The molecule has 35 heavy (non-hydrogen) atoms. The van der Waals surface area contributed by atoms with Gasteiger partial charge in [-0.05, 0) is 60.9 Å². The van der Waals surface area contributed by atoms with Crippen LogP contribution in [0.5, 0.6) is 5.75 Å². The van der Waals surface area contributed by atoms with Gasteiger partial charge in [-0.1, -0.05) is 30.3 Å². The van der Waals surface area contributed by atoms with Crippen molar-refractivity contribution in [1.29, 1.82) is 0 Å². The number of carbonyl (C=O) groups excluding carboxylic acids is 1. The third-order valence-corrected chi connectivity index (χ3v) is 8.09. The topological polar surface area (TPSA) is 79.8 Å². The highest BCUT2D eigenvalue weighted by molar-refractivity contribution is 7.93. The van der Waals surface area contributed by atoms with E-state index in [2.05, 4.69) is 4.98 Å². The number of benzene rings is 3. The Hall–Kier alpha value is -3.91. The van der Waals surface area contributed by atoms with Crippen molar-refractivity contribution in [3.63, 3.8) is 0 Å². The van der Waals surface area contributed by atoms with Gasteiger partial charge in [0.05, 0.1) is 17.7 Å². The van der Waals surface area contributed by atoms with Gasteiger partial charge in [-0.25, -0.2) is 8.42 Å². The third kappa shape index (κ3) is 4.33. The van der Waals surface area contributed by atoms with E-state index >= 15 is 0 Å². The number of aromatic nitrogens is 1. The highest BCUT2D eigenvalue weighted by Gasteiger charge is 2.32. The molecule has 178 valence electrons. The van der Waals surface area contributed by atoms with Crippen LogP contribution in [0, 0.1) is 0 Å². The van der Waals surface area contributed by atoms with E-state index in [1.807, 2.05) is 30.3 Å². The highest BCUT2D eigenvalue weighted by atomic mass is 32.2. The van der Waals surface area contributed by atoms with E-state index in [9.17, 15) is 13.2 Å². The van der Waals surface area contributed by atoms with E-state index in [1.54, 1.807) is 66.9 Å². The van der Waals surface area contributed by atoms with Crippen molar-refractivity contribution in [2.45, 2.75) is 17.7 Å². The standard InChI is InChI=1S/C27H25N3O4S/c1-34-23-13-11-22(12-14-23)30(19-27(31)29-17-5-8-20-6-2-3-9-25(20)29)35(32,33)26-10-4-7-21-18-28-16-15-24(21)26/h2-4,6-7,9-16,18H,5,8,17,19H2,1H3. The number of anilines is 2. The molecule has 0 saturated heterocycles. The molecule has 0 N–H and O–H groups in total. The number of methoxy groups -OCH3 is 1. The predicted octanol–water partition coefficient (Wildman–Crippen LogP) is 4.42. The first kappa shape index (κ1) is 22.9. The van der Waals surface area contributed by atoms with E-state index in [-0.39, 0.29) is 17.3 Å². The molecule has 7 nitrogen and oxygen atoms in total. The molecule has 0 atom stereocenters. The molecule has 3 aromatic carbocycles. The lowest BCUT2D eigenvalue weighted by Gasteiger charge is -2.32.